The minimum atomic E-state index is -0.495. The van der Waals surface area contributed by atoms with E-state index in [1.54, 1.807) is 23.1 Å². The maximum Gasteiger partial charge on any atom is 0.303 e. The second kappa shape index (κ2) is 9.69. The fraction of sp³-hybridized carbons (Fsp3) is 0.381. The van der Waals surface area contributed by atoms with Crippen LogP contribution in [0.2, 0.25) is 0 Å². The van der Waals surface area contributed by atoms with E-state index in [4.69, 9.17) is 18.8 Å². The van der Waals surface area contributed by atoms with Gasteiger partial charge < -0.3 is 23.8 Å². The van der Waals surface area contributed by atoms with Gasteiger partial charge >= 0.3 is 5.97 Å². The van der Waals surface area contributed by atoms with Crippen molar-refractivity contribution in [2.24, 2.45) is 0 Å². The molecule has 2 aliphatic heterocycles. The number of hydroxylamine groups is 1. The van der Waals surface area contributed by atoms with Crippen molar-refractivity contribution in [3.8, 4) is 5.88 Å². The molecule has 1 unspecified atom stereocenters. The molecule has 11 heteroatoms. The highest BCUT2D eigenvalue weighted by molar-refractivity contribution is 5.80. The van der Waals surface area contributed by atoms with Crippen molar-refractivity contribution in [2.75, 3.05) is 44.3 Å². The summed E-state index contributed by atoms with van der Waals surface area (Å²) in [5, 5.41) is 3.66. The van der Waals surface area contributed by atoms with Gasteiger partial charge in [0.15, 0.2) is 6.61 Å². The zero-order valence-electron chi connectivity index (χ0n) is 17.5. The normalized spacial score (nSPS) is 18.2. The third-order valence-electron chi connectivity index (χ3n) is 5.11. The first-order valence-electron chi connectivity index (χ1n) is 10.1. The Bertz CT molecular complexity index is 988. The third-order valence-corrected chi connectivity index (χ3v) is 5.11. The lowest BCUT2D eigenvalue weighted by atomic mass is 10.1. The van der Waals surface area contributed by atoms with Gasteiger partial charge in [-0.25, -0.2) is 4.39 Å². The standard InChI is InChI=1S/C21H23FN4O6/c1-14(27)29-13-21(28)26-7-5-25(6-8-26)19-3-2-15(10-17(19)22)18-11-16(32-23-18)12-30-20-4-9-31-24-20/h2-4,9-11,16,23H,5-8,12-13H2,1H3. The number of anilines is 1. The van der Waals surface area contributed by atoms with Crippen LogP contribution in [-0.2, 0) is 19.2 Å². The number of nitrogens with zero attached hydrogens (tertiary/aromatic N) is 3. The molecule has 2 aromatic rings. The third kappa shape index (κ3) is 5.17. The van der Waals surface area contributed by atoms with E-state index in [9.17, 15) is 14.0 Å². The van der Waals surface area contributed by atoms with Crippen LogP contribution in [-0.4, -0.2) is 67.4 Å². The number of piperazine rings is 1. The number of hydrogen-bond donors (Lipinski definition) is 1. The highest BCUT2D eigenvalue weighted by Crippen LogP contribution is 2.26. The smallest absolute Gasteiger partial charge is 0.303 e. The van der Waals surface area contributed by atoms with Crippen LogP contribution >= 0.6 is 0 Å². The first kappa shape index (κ1) is 21.6. The maximum absolute atomic E-state index is 14.9. The molecular formula is C21H23FN4O6. The largest absolute Gasteiger partial charge is 0.472 e. The number of amides is 1. The van der Waals surface area contributed by atoms with Crippen molar-refractivity contribution in [1.82, 2.24) is 15.5 Å². The van der Waals surface area contributed by atoms with Gasteiger partial charge in [0, 0.05) is 44.7 Å². The summed E-state index contributed by atoms with van der Waals surface area (Å²) in [6.45, 7) is 3.02. The fourth-order valence-corrected chi connectivity index (χ4v) is 3.46. The predicted molar refractivity (Wildman–Crippen MR) is 110 cm³/mol. The minimum Gasteiger partial charge on any atom is -0.472 e. The SMILES string of the molecule is CC(=O)OCC(=O)N1CCN(c2ccc(C3=CC(COc4ccon4)ON3)cc2F)CC1. The quantitative estimate of drug-likeness (QED) is 0.631. The molecule has 1 N–H and O–H groups in total. The number of halogens is 1. The van der Waals surface area contributed by atoms with Crippen LogP contribution in [0.4, 0.5) is 10.1 Å². The Labute approximate surface area is 183 Å². The fourth-order valence-electron chi connectivity index (χ4n) is 3.46. The van der Waals surface area contributed by atoms with Crippen LogP contribution in [0.5, 0.6) is 5.88 Å². The van der Waals surface area contributed by atoms with E-state index in [2.05, 4.69) is 10.6 Å². The van der Waals surface area contributed by atoms with Crippen LogP contribution < -0.4 is 15.1 Å². The summed E-state index contributed by atoms with van der Waals surface area (Å²) >= 11 is 0. The minimum absolute atomic E-state index is 0.226. The van der Waals surface area contributed by atoms with Crippen molar-refractivity contribution in [1.29, 1.82) is 0 Å². The molecule has 1 atom stereocenters. The van der Waals surface area contributed by atoms with E-state index < -0.39 is 5.97 Å². The lowest BCUT2D eigenvalue weighted by molar-refractivity contribution is -0.150. The Balaban J connectivity index is 1.32. The van der Waals surface area contributed by atoms with Gasteiger partial charge in [0.05, 0.1) is 11.4 Å². The Morgan fingerprint density at radius 2 is 2.06 bits per heavy atom. The van der Waals surface area contributed by atoms with E-state index in [0.29, 0.717) is 49.0 Å². The molecule has 0 saturated carbocycles. The molecule has 1 aromatic carbocycles. The molecule has 0 radical (unpaired) electrons. The van der Waals surface area contributed by atoms with Gasteiger partial charge in [-0.15, -0.1) is 0 Å². The average Bonchev–Trinajstić information content (AvgIpc) is 3.48. The van der Waals surface area contributed by atoms with E-state index in [-0.39, 0.29) is 31.0 Å². The van der Waals surface area contributed by atoms with Crippen molar-refractivity contribution in [3.63, 3.8) is 0 Å². The van der Waals surface area contributed by atoms with Crippen LogP contribution in [0.1, 0.15) is 12.5 Å². The molecule has 32 heavy (non-hydrogen) atoms. The topological polar surface area (TPSA) is 106 Å². The van der Waals surface area contributed by atoms with Crippen LogP contribution in [0, 0.1) is 5.82 Å². The van der Waals surface area contributed by atoms with E-state index in [0.717, 1.165) is 0 Å². The van der Waals surface area contributed by atoms with E-state index in [1.165, 1.54) is 19.3 Å². The second-order valence-corrected chi connectivity index (χ2v) is 7.30. The van der Waals surface area contributed by atoms with Gasteiger partial charge in [-0.2, -0.15) is 0 Å². The monoisotopic (exact) mass is 446 g/mol. The summed E-state index contributed by atoms with van der Waals surface area (Å²) in [5.41, 5.74) is 4.55. The van der Waals surface area contributed by atoms with Gasteiger partial charge in [-0.05, 0) is 23.4 Å². The molecule has 0 bridgehead atoms. The van der Waals surface area contributed by atoms with Crippen molar-refractivity contribution < 1.29 is 32.8 Å². The van der Waals surface area contributed by atoms with Gasteiger partial charge in [0.1, 0.15) is 24.8 Å². The lowest BCUT2D eigenvalue weighted by Gasteiger charge is -2.36. The molecule has 10 nitrogen and oxygen atoms in total. The number of esters is 1. The molecule has 2 aliphatic rings. The maximum atomic E-state index is 14.9. The Morgan fingerprint density at radius 3 is 2.75 bits per heavy atom. The van der Waals surface area contributed by atoms with Gasteiger partial charge in [-0.3, -0.25) is 19.9 Å². The Hall–Kier alpha value is -3.60. The number of carbonyl (C=O) groups excluding carboxylic acids is 2. The summed E-state index contributed by atoms with van der Waals surface area (Å²) in [5.74, 6) is -0.756. The first-order valence-corrected chi connectivity index (χ1v) is 10.1. The number of carbonyl (C=O) groups is 2. The zero-order chi connectivity index (χ0) is 22.5. The molecule has 3 heterocycles. The van der Waals surface area contributed by atoms with Crippen LogP contribution in [0.15, 0.2) is 41.1 Å². The Morgan fingerprint density at radius 1 is 1.25 bits per heavy atom. The number of nitrogens with one attached hydrogen (secondary N) is 1. The summed E-state index contributed by atoms with van der Waals surface area (Å²) in [6.07, 6.45) is 2.86. The van der Waals surface area contributed by atoms with Crippen LogP contribution in [0.25, 0.3) is 5.70 Å². The summed E-state index contributed by atoms with van der Waals surface area (Å²) in [7, 11) is 0. The molecule has 0 spiro atoms. The predicted octanol–water partition coefficient (Wildman–Crippen LogP) is 1.35. The number of aromatic nitrogens is 1. The first-order chi connectivity index (χ1) is 15.5. The molecule has 1 amide bonds. The number of ether oxygens (including phenoxy) is 2. The summed E-state index contributed by atoms with van der Waals surface area (Å²) in [6, 6.07) is 6.55. The summed E-state index contributed by atoms with van der Waals surface area (Å²) in [4.78, 5) is 31.9. The second-order valence-electron chi connectivity index (χ2n) is 7.30. The number of hydrogen-bond acceptors (Lipinski definition) is 9. The van der Waals surface area contributed by atoms with Crippen molar-refractivity contribution >= 4 is 23.3 Å². The van der Waals surface area contributed by atoms with Gasteiger partial charge in [-0.1, -0.05) is 6.07 Å². The molecule has 0 aliphatic carbocycles. The van der Waals surface area contributed by atoms with Crippen LogP contribution in [0.3, 0.4) is 0 Å². The zero-order valence-corrected chi connectivity index (χ0v) is 17.5. The highest BCUT2D eigenvalue weighted by Gasteiger charge is 2.24. The van der Waals surface area contributed by atoms with Gasteiger partial charge in [0.25, 0.3) is 11.8 Å². The molecule has 1 saturated heterocycles. The molecular weight excluding hydrogens is 423 g/mol. The number of rotatable bonds is 7. The van der Waals surface area contributed by atoms with Gasteiger partial charge in [0.2, 0.25) is 0 Å². The highest BCUT2D eigenvalue weighted by atomic mass is 19.1. The summed E-state index contributed by atoms with van der Waals surface area (Å²) < 4.78 is 29.8. The van der Waals surface area contributed by atoms with E-state index >= 15 is 0 Å². The number of benzene rings is 1. The average molecular weight is 446 g/mol. The lowest BCUT2D eigenvalue weighted by Crippen LogP contribution is -2.50. The molecule has 1 aromatic heterocycles. The Kier molecular flexibility index (Phi) is 6.55. The van der Waals surface area contributed by atoms with Crippen molar-refractivity contribution in [3.05, 3.63) is 48.0 Å². The molecule has 170 valence electrons. The van der Waals surface area contributed by atoms with E-state index in [1.807, 2.05) is 11.0 Å². The molecule has 4 rings (SSSR count). The molecule has 1 fully saturated rings. The van der Waals surface area contributed by atoms with Crippen molar-refractivity contribution in [2.45, 2.75) is 13.0 Å².